The van der Waals surface area contributed by atoms with E-state index in [9.17, 15) is 15.0 Å². The molecule has 3 saturated carbocycles. The first-order valence-electron chi connectivity index (χ1n) is 10.4. The number of ether oxygens (including phenoxy) is 1. The maximum absolute atomic E-state index is 12.9. The van der Waals surface area contributed by atoms with E-state index in [4.69, 9.17) is 4.74 Å². The van der Waals surface area contributed by atoms with Crippen LogP contribution in [-0.2, 0) is 10.2 Å². The van der Waals surface area contributed by atoms with Crippen molar-refractivity contribution in [3.63, 3.8) is 0 Å². The normalized spacial score (nSPS) is 46.8. The first-order valence-corrected chi connectivity index (χ1v) is 10.4. The number of phenolic OH excluding ortho intramolecular Hbond substituents is 1. The molecule has 5 aliphatic rings. The smallest absolute Gasteiger partial charge is 0.174 e. The summed E-state index contributed by atoms with van der Waals surface area (Å²) in [5, 5.41) is 22.7. The van der Waals surface area contributed by atoms with Gasteiger partial charge in [0.15, 0.2) is 23.4 Å². The molecule has 0 bridgehead atoms. The van der Waals surface area contributed by atoms with Crippen molar-refractivity contribution in [1.29, 1.82) is 0 Å². The highest BCUT2D eigenvalue weighted by atomic mass is 16.5. The zero-order valence-corrected chi connectivity index (χ0v) is 16.1. The van der Waals surface area contributed by atoms with Gasteiger partial charge in [0.1, 0.15) is 11.6 Å². The Balaban J connectivity index is 1.54. The summed E-state index contributed by atoms with van der Waals surface area (Å²) in [6.45, 7) is 4.24. The van der Waals surface area contributed by atoms with Gasteiger partial charge < -0.3 is 19.4 Å². The monoisotopic (exact) mass is 370 g/mol. The molecule has 6 atom stereocenters. The largest absolute Gasteiger partial charge is 0.504 e. The van der Waals surface area contributed by atoms with Crippen LogP contribution in [0.5, 0.6) is 11.5 Å². The van der Waals surface area contributed by atoms with E-state index in [1.807, 2.05) is 13.0 Å². The van der Waals surface area contributed by atoms with Crippen LogP contribution in [0.25, 0.3) is 0 Å². The molecule has 1 saturated heterocycles. The van der Waals surface area contributed by atoms with Crippen LogP contribution in [0.4, 0.5) is 0 Å². The third-order valence-corrected chi connectivity index (χ3v) is 8.51. The van der Waals surface area contributed by atoms with Crippen molar-refractivity contribution in [1.82, 2.24) is 0 Å². The van der Waals surface area contributed by atoms with Crippen LogP contribution in [0.1, 0.15) is 43.2 Å². The third kappa shape index (κ3) is 1.72. The van der Waals surface area contributed by atoms with E-state index in [1.54, 1.807) is 6.07 Å². The molecule has 2 heterocycles. The van der Waals surface area contributed by atoms with Crippen molar-refractivity contribution in [3.8, 4) is 11.5 Å². The van der Waals surface area contributed by atoms with Gasteiger partial charge in [0.25, 0.3) is 0 Å². The van der Waals surface area contributed by atoms with E-state index in [-0.39, 0.29) is 17.6 Å². The van der Waals surface area contributed by atoms with Crippen molar-refractivity contribution < 1.29 is 24.2 Å². The molecule has 1 aromatic carbocycles. The lowest BCUT2D eigenvalue weighted by Crippen LogP contribution is -2.76. The molecule has 3 aliphatic carbocycles. The number of fused-ring (bicyclic) bond motifs is 3. The number of Topliss-reactive ketones (excluding diaryl/α,β-unsaturated/α-hetero) is 1. The van der Waals surface area contributed by atoms with Crippen LogP contribution < -0.4 is 4.74 Å². The molecular formula is C22H28NO4+. The molecule has 27 heavy (non-hydrogen) atoms. The lowest BCUT2D eigenvalue weighted by Gasteiger charge is -2.58. The van der Waals surface area contributed by atoms with Gasteiger partial charge in [-0.2, -0.15) is 0 Å². The molecule has 2 aliphatic heterocycles. The Labute approximate surface area is 159 Å². The maximum atomic E-state index is 12.9. The van der Waals surface area contributed by atoms with Crippen LogP contribution in [0.2, 0.25) is 0 Å². The average Bonchev–Trinajstić information content (AvgIpc) is 3.27. The van der Waals surface area contributed by atoms with E-state index >= 15 is 0 Å². The Morgan fingerprint density at radius 2 is 2.11 bits per heavy atom. The molecule has 0 aromatic heterocycles. The van der Waals surface area contributed by atoms with Crippen molar-refractivity contribution in [3.05, 3.63) is 23.3 Å². The molecule has 0 amide bonds. The van der Waals surface area contributed by atoms with Crippen LogP contribution in [0.3, 0.4) is 0 Å². The third-order valence-electron chi connectivity index (χ3n) is 8.51. The van der Waals surface area contributed by atoms with Gasteiger partial charge in [0.2, 0.25) is 0 Å². The highest BCUT2D eigenvalue weighted by Gasteiger charge is 2.81. The molecule has 6 unspecified atom stereocenters. The van der Waals surface area contributed by atoms with Crippen molar-refractivity contribution >= 4 is 5.78 Å². The minimum Gasteiger partial charge on any atom is -0.504 e. The molecular weight excluding hydrogens is 342 g/mol. The second kappa shape index (κ2) is 4.69. The van der Waals surface area contributed by atoms with Gasteiger partial charge in [-0.1, -0.05) is 6.07 Å². The van der Waals surface area contributed by atoms with Crippen LogP contribution in [0, 0.1) is 18.8 Å². The number of likely N-dealkylation sites (tertiary alicyclic amines) is 1. The van der Waals surface area contributed by atoms with E-state index < -0.39 is 17.1 Å². The number of rotatable bonds is 2. The molecule has 5 heteroatoms. The zero-order chi connectivity index (χ0) is 18.8. The fraction of sp³-hybridized carbons (Fsp3) is 0.682. The Kier molecular flexibility index (Phi) is 2.84. The Bertz CT molecular complexity index is 879. The molecule has 2 N–H and O–H groups in total. The van der Waals surface area contributed by atoms with Crippen LogP contribution >= 0.6 is 0 Å². The number of carbonyl (C=O) groups excluding carboxylic acids is 1. The summed E-state index contributed by atoms with van der Waals surface area (Å²) in [4.78, 5) is 12.9. The highest BCUT2D eigenvalue weighted by molar-refractivity contribution is 5.89. The number of aliphatic hydroxyl groups is 1. The summed E-state index contributed by atoms with van der Waals surface area (Å²) < 4.78 is 7.06. The summed E-state index contributed by atoms with van der Waals surface area (Å²) in [5.41, 5.74) is 0.267. The van der Waals surface area contributed by atoms with E-state index in [1.165, 1.54) is 12.8 Å². The number of ketones is 1. The number of aryl methyl sites for hydroxylation is 1. The Morgan fingerprint density at radius 1 is 1.33 bits per heavy atom. The molecule has 1 spiro atoms. The fourth-order valence-corrected chi connectivity index (χ4v) is 7.64. The fourth-order valence-electron chi connectivity index (χ4n) is 7.64. The topological polar surface area (TPSA) is 66.8 Å². The first kappa shape index (κ1) is 16.4. The minimum atomic E-state index is -0.943. The lowest BCUT2D eigenvalue weighted by atomic mass is 9.58. The summed E-state index contributed by atoms with van der Waals surface area (Å²) in [6.07, 6.45) is 3.64. The number of nitrogens with zero attached hydrogens (tertiary/aromatic N) is 1. The minimum absolute atomic E-state index is 0.0763. The standard InChI is InChI=1S/C22H27NO4/c1-12-3-6-15(24)18-17(12)21-9-14-11-23(2,10-13-4-5-13)19(14)22(21,26)8-7-16(25)20(21)27-18/h3,6,13-14,19-20,26H,4-5,7-11H2,1-2H3/p+1. The molecule has 6 rings (SSSR count). The van der Waals surface area contributed by atoms with Gasteiger partial charge in [-0.15, -0.1) is 0 Å². The maximum Gasteiger partial charge on any atom is 0.174 e. The number of quaternary nitrogens is 1. The molecule has 0 radical (unpaired) electrons. The predicted molar refractivity (Wildman–Crippen MR) is 98.7 cm³/mol. The zero-order valence-electron chi connectivity index (χ0n) is 16.1. The van der Waals surface area contributed by atoms with Gasteiger partial charge in [-0.3, -0.25) is 4.79 Å². The van der Waals surface area contributed by atoms with Crippen LogP contribution in [-0.4, -0.2) is 58.4 Å². The van der Waals surface area contributed by atoms with Gasteiger partial charge >= 0.3 is 0 Å². The van der Waals surface area contributed by atoms with E-state index in [2.05, 4.69) is 7.05 Å². The molecule has 144 valence electrons. The Morgan fingerprint density at radius 3 is 2.85 bits per heavy atom. The van der Waals surface area contributed by atoms with Crippen molar-refractivity contribution in [2.75, 3.05) is 20.1 Å². The molecule has 5 nitrogen and oxygen atoms in total. The number of likely N-dealkylation sites (N-methyl/N-ethyl adjacent to an activating group) is 1. The number of aromatic hydroxyl groups is 1. The highest BCUT2D eigenvalue weighted by Crippen LogP contribution is 2.69. The number of carbonyl (C=O) groups is 1. The van der Waals surface area contributed by atoms with Crippen LogP contribution in [0.15, 0.2) is 12.1 Å². The van der Waals surface area contributed by atoms with Gasteiger partial charge in [0, 0.05) is 17.9 Å². The first-order chi connectivity index (χ1) is 12.8. The van der Waals surface area contributed by atoms with Crippen molar-refractivity contribution in [2.45, 2.75) is 62.2 Å². The lowest BCUT2D eigenvalue weighted by molar-refractivity contribution is -0.989. The van der Waals surface area contributed by atoms with Crippen molar-refractivity contribution in [2.24, 2.45) is 11.8 Å². The second-order valence-electron chi connectivity index (χ2n) is 10.2. The molecule has 4 fully saturated rings. The number of benzene rings is 1. The predicted octanol–water partition coefficient (Wildman–Crippen LogP) is 2.05. The summed E-state index contributed by atoms with van der Waals surface area (Å²) in [6, 6.07) is 3.71. The summed E-state index contributed by atoms with van der Waals surface area (Å²) >= 11 is 0. The Hall–Kier alpha value is -1.59. The quantitative estimate of drug-likeness (QED) is 0.782. The van der Waals surface area contributed by atoms with E-state index in [0.29, 0.717) is 24.5 Å². The number of phenols is 1. The van der Waals surface area contributed by atoms with Gasteiger partial charge in [-0.05, 0) is 44.2 Å². The SMILES string of the molecule is Cc1ccc(O)c2c1C13CC4C[N+](C)(CC5CC5)C4C1(O)CCC(=O)C3O2. The molecule has 1 aromatic rings. The average molecular weight is 370 g/mol. The van der Waals surface area contributed by atoms with E-state index in [0.717, 1.165) is 41.0 Å². The van der Waals surface area contributed by atoms with Gasteiger partial charge in [-0.25, -0.2) is 0 Å². The number of hydrogen-bond acceptors (Lipinski definition) is 4. The summed E-state index contributed by atoms with van der Waals surface area (Å²) in [7, 11) is 2.30. The summed E-state index contributed by atoms with van der Waals surface area (Å²) in [5.74, 6) is 1.82. The van der Waals surface area contributed by atoms with Gasteiger partial charge in [0.05, 0.1) is 31.5 Å². The second-order valence-corrected chi connectivity index (χ2v) is 10.2. The number of hydrogen-bond donors (Lipinski definition) is 2.